The first-order chi connectivity index (χ1) is 12.6. The number of nitrogens with zero attached hydrogens (tertiary/aromatic N) is 2. The molecule has 0 saturated heterocycles. The van der Waals surface area contributed by atoms with Gasteiger partial charge in [0, 0.05) is 24.4 Å². The van der Waals surface area contributed by atoms with Crippen molar-refractivity contribution in [2.75, 3.05) is 23.8 Å². The molecule has 8 heteroatoms. The number of carbonyl (C=O) groups excluding carboxylic acids is 1. The average Bonchev–Trinajstić information content (AvgIpc) is 3.00. The predicted molar refractivity (Wildman–Crippen MR) is 102 cm³/mol. The van der Waals surface area contributed by atoms with Crippen LogP contribution in [0.15, 0.2) is 30.5 Å². The molecule has 0 radical (unpaired) electrons. The van der Waals surface area contributed by atoms with Crippen LogP contribution in [0.25, 0.3) is 10.2 Å². The Bertz CT molecular complexity index is 927. The minimum absolute atomic E-state index is 0.172. The second kappa shape index (κ2) is 6.80. The number of amides is 1. The topological polar surface area (TPSA) is 85.4 Å². The molecule has 1 aliphatic rings. The van der Waals surface area contributed by atoms with E-state index >= 15 is 0 Å². The van der Waals surface area contributed by atoms with Crippen LogP contribution in [-0.2, 0) is 0 Å². The molecule has 0 aliphatic carbocycles. The molecule has 4 rings (SSSR count). The van der Waals surface area contributed by atoms with Crippen molar-refractivity contribution >= 4 is 38.4 Å². The molecule has 134 valence electrons. The van der Waals surface area contributed by atoms with E-state index in [4.69, 9.17) is 9.47 Å². The Morgan fingerprint density at radius 1 is 1.23 bits per heavy atom. The van der Waals surface area contributed by atoms with Gasteiger partial charge in [0.25, 0.3) is 5.91 Å². The Morgan fingerprint density at radius 2 is 2.00 bits per heavy atom. The fraction of sp³-hybridized carbons (Fsp3) is 0.278. The number of ether oxygens (including phenoxy) is 2. The first kappa shape index (κ1) is 16.6. The van der Waals surface area contributed by atoms with Crippen molar-refractivity contribution in [2.45, 2.75) is 19.9 Å². The fourth-order valence-electron chi connectivity index (χ4n) is 2.66. The summed E-state index contributed by atoms with van der Waals surface area (Å²) >= 11 is 1.39. The summed E-state index contributed by atoms with van der Waals surface area (Å²) in [6.45, 7) is 5.05. The molecule has 1 aromatic carbocycles. The number of anilines is 2. The van der Waals surface area contributed by atoms with Crippen LogP contribution in [-0.4, -0.2) is 35.1 Å². The zero-order valence-electron chi connectivity index (χ0n) is 14.4. The van der Waals surface area contributed by atoms with Gasteiger partial charge in [-0.05, 0) is 26.0 Å². The molecule has 3 aromatic rings. The Hall–Kier alpha value is -2.87. The zero-order valence-corrected chi connectivity index (χ0v) is 15.2. The lowest BCUT2D eigenvalue weighted by molar-refractivity contribution is 0.102. The standard InChI is InChI=1S/C18H18N4O3S/c1-10(2)20-16-11(4-3-5-19-16)17(23)22-18-21-12-8-13-14(9-15(12)26-18)25-7-6-24-13/h3-5,8-10H,6-7H2,1-2H3,(H,19,20)(H,21,22,23). The summed E-state index contributed by atoms with van der Waals surface area (Å²) in [5.41, 5.74) is 1.24. The van der Waals surface area contributed by atoms with Crippen LogP contribution in [0.4, 0.5) is 10.9 Å². The number of thiazole rings is 1. The summed E-state index contributed by atoms with van der Waals surface area (Å²) in [6.07, 6.45) is 1.66. The van der Waals surface area contributed by atoms with Gasteiger partial charge >= 0.3 is 0 Å². The number of pyridine rings is 1. The van der Waals surface area contributed by atoms with E-state index in [2.05, 4.69) is 20.6 Å². The predicted octanol–water partition coefficient (Wildman–Crippen LogP) is 3.54. The third-order valence-corrected chi connectivity index (χ3v) is 4.68. The molecule has 0 fully saturated rings. The monoisotopic (exact) mass is 370 g/mol. The van der Waals surface area contributed by atoms with Crippen LogP contribution >= 0.6 is 11.3 Å². The van der Waals surface area contributed by atoms with E-state index in [1.54, 1.807) is 18.3 Å². The van der Waals surface area contributed by atoms with E-state index in [0.29, 0.717) is 41.2 Å². The van der Waals surface area contributed by atoms with E-state index in [9.17, 15) is 4.79 Å². The molecule has 7 nitrogen and oxygen atoms in total. The minimum Gasteiger partial charge on any atom is -0.486 e. The molecule has 0 bridgehead atoms. The number of rotatable bonds is 4. The first-order valence-electron chi connectivity index (χ1n) is 8.33. The number of hydrogen-bond acceptors (Lipinski definition) is 7. The Balaban J connectivity index is 1.60. The SMILES string of the molecule is CC(C)Nc1ncccc1C(=O)Nc1nc2cc3c(cc2s1)OCCO3. The molecule has 1 amide bonds. The molecule has 1 aliphatic heterocycles. The number of hydrogen-bond donors (Lipinski definition) is 2. The fourth-order valence-corrected chi connectivity index (χ4v) is 3.53. The van der Waals surface area contributed by atoms with Crippen molar-refractivity contribution in [2.24, 2.45) is 0 Å². The molecule has 2 aromatic heterocycles. The van der Waals surface area contributed by atoms with Gasteiger partial charge in [0.15, 0.2) is 16.6 Å². The first-order valence-corrected chi connectivity index (χ1v) is 9.15. The zero-order chi connectivity index (χ0) is 18.1. The van der Waals surface area contributed by atoms with E-state index in [-0.39, 0.29) is 11.9 Å². The van der Waals surface area contributed by atoms with Crippen LogP contribution in [0.3, 0.4) is 0 Å². The maximum Gasteiger partial charge on any atom is 0.261 e. The van der Waals surface area contributed by atoms with Gasteiger partial charge in [-0.25, -0.2) is 9.97 Å². The number of benzene rings is 1. The Labute approximate surface area is 154 Å². The second-order valence-corrected chi connectivity index (χ2v) is 7.17. The summed E-state index contributed by atoms with van der Waals surface area (Å²) < 4.78 is 12.1. The number of nitrogens with one attached hydrogen (secondary N) is 2. The normalized spacial score (nSPS) is 13.0. The van der Waals surface area contributed by atoms with Gasteiger partial charge in [0.1, 0.15) is 19.0 Å². The van der Waals surface area contributed by atoms with Crippen molar-refractivity contribution in [3.63, 3.8) is 0 Å². The highest BCUT2D eigenvalue weighted by Crippen LogP contribution is 2.37. The van der Waals surface area contributed by atoms with Gasteiger partial charge in [-0.15, -0.1) is 0 Å². The third-order valence-electron chi connectivity index (χ3n) is 3.75. The quantitative estimate of drug-likeness (QED) is 0.731. The minimum atomic E-state index is -0.252. The Kier molecular flexibility index (Phi) is 4.34. The highest BCUT2D eigenvalue weighted by Gasteiger charge is 2.18. The van der Waals surface area contributed by atoms with Gasteiger partial charge in [-0.3, -0.25) is 10.1 Å². The van der Waals surface area contributed by atoms with Crippen LogP contribution in [0.1, 0.15) is 24.2 Å². The van der Waals surface area contributed by atoms with Crippen molar-refractivity contribution in [1.82, 2.24) is 9.97 Å². The van der Waals surface area contributed by atoms with Crippen LogP contribution in [0.2, 0.25) is 0 Å². The number of aromatic nitrogens is 2. The summed E-state index contributed by atoms with van der Waals surface area (Å²) in [6, 6.07) is 7.38. The summed E-state index contributed by atoms with van der Waals surface area (Å²) in [7, 11) is 0. The number of carbonyl (C=O) groups is 1. The molecule has 2 N–H and O–H groups in total. The van der Waals surface area contributed by atoms with Crippen LogP contribution in [0.5, 0.6) is 11.5 Å². The smallest absolute Gasteiger partial charge is 0.261 e. The third kappa shape index (κ3) is 3.28. The van der Waals surface area contributed by atoms with Gasteiger partial charge < -0.3 is 14.8 Å². The van der Waals surface area contributed by atoms with Gasteiger partial charge in [0.05, 0.1) is 15.8 Å². The van der Waals surface area contributed by atoms with E-state index in [1.807, 2.05) is 26.0 Å². The van der Waals surface area contributed by atoms with Crippen molar-refractivity contribution in [3.05, 3.63) is 36.0 Å². The second-order valence-electron chi connectivity index (χ2n) is 6.14. The van der Waals surface area contributed by atoms with Crippen LogP contribution < -0.4 is 20.1 Å². The van der Waals surface area contributed by atoms with Crippen LogP contribution in [0, 0.1) is 0 Å². The molecule has 0 spiro atoms. The van der Waals surface area contributed by atoms with Gasteiger partial charge in [0.2, 0.25) is 0 Å². The maximum atomic E-state index is 12.7. The largest absolute Gasteiger partial charge is 0.486 e. The molecule has 26 heavy (non-hydrogen) atoms. The van der Waals surface area contributed by atoms with E-state index in [1.165, 1.54) is 11.3 Å². The summed E-state index contributed by atoms with van der Waals surface area (Å²) in [5, 5.41) is 6.56. The van der Waals surface area contributed by atoms with Gasteiger partial charge in [-0.1, -0.05) is 11.3 Å². The molecule has 0 unspecified atom stereocenters. The average molecular weight is 370 g/mol. The van der Waals surface area contributed by atoms with Crippen molar-refractivity contribution < 1.29 is 14.3 Å². The van der Waals surface area contributed by atoms with Crippen molar-refractivity contribution in [1.29, 1.82) is 0 Å². The molecule has 0 saturated carbocycles. The van der Waals surface area contributed by atoms with Crippen molar-refractivity contribution in [3.8, 4) is 11.5 Å². The maximum absolute atomic E-state index is 12.7. The van der Waals surface area contributed by atoms with E-state index < -0.39 is 0 Å². The lowest BCUT2D eigenvalue weighted by atomic mass is 10.2. The molecule has 0 atom stereocenters. The molecule has 3 heterocycles. The summed E-state index contributed by atoms with van der Waals surface area (Å²) in [4.78, 5) is 21.4. The lowest BCUT2D eigenvalue weighted by Gasteiger charge is -2.17. The highest BCUT2D eigenvalue weighted by molar-refractivity contribution is 7.22. The molecular formula is C18H18N4O3S. The molecular weight excluding hydrogens is 352 g/mol. The van der Waals surface area contributed by atoms with Gasteiger partial charge in [-0.2, -0.15) is 0 Å². The lowest BCUT2D eigenvalue weighted by Crippen LogP contribution is -2.18. The highest BCUT2D eigenvalue weighted by atomic mass is 32.1. The summed E-state index contributed by atoms with van der Waals surface area (Å²) in [5.74, 6) is 1.69. The number of fused-ring (bicyclic) bond motifs is 2. The Morgan fingerprint density at radius 3 is 2.77 bits per heavy atom. The van der Waals surface area contributed by atoms with E-state index in [0.717, 1.165) is 10.2 Å².